The summed E-state index contributed by atoms with van der Waals surface area (Å²) in [6.45, 7) is 11.9. The van der Waals surface area contributed by atoms with Crippen LogP contribution in [-0.4, -0.2) is 150 Å². The van der Waals surface area contributed by atoms with Crippen molar-refractivity contribution in [2.75, 3.05) is 26.2 Å². The molecule has 1 fully saturated rings. The first-order valence-electron chi connectivity index (χ1n) is 23.3. The van der Waals surface area contributed by atoms with Crippen LogP contribution >= 0.6 is 0 Å². The van der Waals surface area contributed by atoms with Crippen LogP contribution in [0.2, 0.25) is 0 Å². The van der Waals surface area contributed by atoms with E-state index in [0.717, 1.165) is 0 Å². The third kappa shape index (κ3) is 20.8. The smallest absolute Gasteiger partial charge is 0.326 e. The number of likely N-dealkylation sites (tertiary alicyclic amines) is 1. The summed E-state index contributed by atoms with van der Waals surface area (Å²) in [6, 6.07) is -9.91. The monoisotopic (exact) mass is 967 g/mol. The average molecular weight is 967 g/mol. The highest BCUT2D eigenvalue weighted by Gasteiger charge is 2.40. The summed E-state index contributed by atoms with van der Waals surface area (Å²) < 4.78 is 0. The molecule has 1 saturated heterocycles. The number of hydrogen-bond donors (Lipinski definition) is 13. The molecule has 0 spiro atoms. The molecular formula is C43H78N14O11. The predicted octanol–water partition coefficient (Wildman–Crippen LogP) is -3.76. The predicted molar refractivity (Wildman–Crippen MR) is 251 cm³/mol. The normalized spacial score (nSPS) is 16.9. The summed E-state index contributed by atoms with van der Waals surface area (Å²) in [7, 11) is 0. The zero-order valence-electron chi connectivity index (χ0n) is 40.6. The summed E-state index contributed by atoms with van der Waals surface area (Å²) >= 11 is 0. The van der Waals surface area contributed by atoms with E-state index < -0.39 is 132 Å². The van der Waals surface area contributed by atoms with Crippen LogP contribution in [-0.2, 0) is 47.9 Å². The number of carbonyl (C=O) groups is 10. The lowest BCUT2D eigenvalue weighted by Crippen LogP contribution is -2.60. The molecule has 25 nitrogen and oxygen atoms in total. The number of nitrogens with two attached hydrogens (primary N) is 5. The second-order valence-corrected chi connectivity index (χ2v) is 17.9. The standard InChI is InChI=1S/C43H78N14O11/c1-8-24(6)34(40(65)52-27(13-9-10-16-44)36(61)55-33(23(4)5)42(67)68)56-39(64)30-15-12-18-57(30)41(66)25(7)50-37(62)29(20-31(46)58)54-38(63)28(19-22(2)3)53-35(60)26(51-32(59)21-45)14-11-17-49-43(47)48/h22-30,33-34H,8-21,44-45H2,1-7H3,(H2,46,58)(H,50,62)(H,51,59)(H,52,65)(H,53,60)(H,54,63)(H,55,61)(H,56,64)(H,67,68)(H4,47,48,49)/t24-,25-,26-,27-,28-,29-,30-,33-,34-/m0/s1. The quantitative estimate of drug-likeness (QED) is 0.0180. The van der Waals surface area contributed by atoms with Crippen LogP contribution in [0.3, 0.4) is 0 Å². The van der Waals surface area contributed by atoms with Gasteiger partial charge in [0.05, 0.1) is 13.0 Å². The highest BCUT2D eigenvalue weighted by atomic mass is 16.4. The lowest BCUT2D eigenvalue weighted by molar-refractivity contribution is -0.144. The molecule has 18 N–H and O–H groups in total. The highest BCUT2D eigenvalue weighted by Crippen LogP contribution is 2.20. The van der Waals surface area contributed by atoms with Crippen LogP contribution in [0.1, 0.15) is 113 Å². The first-order valence-corrected chi connectivity index (χ1v) is 23.3. The topological polar surface area (TPSA) is 421 Å². The number of aliphatic carboxylic acids is 1. The molecule has 0 aromatic heterocycles. The van der Waals surface area contributed by atoms with Crippen LogP contribution in [0, 0.1) is 17.8 Å². The Morgan fingerprint density at radius 3 is 1.78 bits per heavy atom. The van der Waals surface area contributed by atoms with Crippen molar-refractivity contribution in [2.24, 2.45) is 51.4 Å². The van der Waals surface area contributed by atoms with Crippen LogP contribution < -0.4 is 65.9 Å². The van der Waals surface area contributed by atoms with Crippen molar-refractivity contribution in [3.05, 3.63) is 0 Å². The number of nitrogens with zero attached hydrogens (tertiary/aromatic N) is 2. The molecule has 0 aromatic carbocycles. The van der Waals surface area contributed by atoms with Gasteiger partial charge in [-0.25, -0.2) is 4.79 Å². The number of amides is 9. The van der Waals surface area contributed by atoms with E-state index in [2.05, 4.69) is 42.2 Å². The number of carboxylic acid groups (broad SMARTS) is 1. The third-order valence-corrected chi connectivity index (χ3v) is 11.3. The van der Waals surface area contributed by atoms with Gasteiger partial charge in [0.15, 0.2) is 5.96 Å². The van der Waals surface area contributed by atoms with Gasteiger partial charge in [-0.05, 0) is 82.6 Å². The van der Waals surface area contributed by atoms with Gasteiger partial charge in [0, 0.05) is 13.1 Å². The number of aliphatic imine (C=N–C) groups is 1. The van der Waals surface area contributed by atoms with E-state index >= 15 is 0 Å². The van der Waals surface area contributed by atoms with Gasteiger partial charge in [0.1, 0.15) is 48.3 Å². The van der Waals surface area contributed by atoms with Crippen LogP contribution in [0.4, 0.5) is 0 Å². The Morgan fingerprint density at radius 2 is 1.24 bits per heavy atom. The summed E-state index contributed by atoms with van der Waals surface area (Å²) in [5, 5.41) is 27.6. The van der Waals surface area contributed by atoms with Gasteiger partial charge in [0.2, 0.25) is 53.2 Å². The molecular weight excluding hydrogens is 889 g/mol. The van der Waals surface area contributed by atoms with Gasteiger partial charge in [-0.2, -0.15) is 0 Å². The van der Waals surface area contributed by atoms with Crippen molar-refractivity contribution in [3.8, 4) is 0 Å². The molecule has 68 heavy (non-hydrogen) atoms. The van der Waals surface area contributed by atoms with Gasteiger partial charge in [-0.3, -0.25) is 48.1 Å². The molecule has 0 radical (unpaired) electrons. The Hall–Kier alpha value is -6.11. The first-order chi connectivity index (χ1) is 31.9. The molecule has 1 rings (SSSR count). The summed E-state index contributed by atoms with van der Waals surface area (Å²) in [4.78, 5) is 137. The van der Waals surface area contributed by atoms with Crippen LogP contribution in [0.15, 0.2) is 4.99 Å². The maximum atomic E-state index is 13.9. The molecule has 25 heteroatoms. The van der Waals surface area contributed by atoms with Gasteiger partial charge in [-0.15, -0.1) is 0 Å². The zero-order chi connectivity index (χ0) is 51.8. The molecule has 0 saturated carbocycles. The number of carbonyl (C=O) groups excluding carboxylic acids is 9. The van der Waals surface area contributed by atoms with E-state index in [0.29, 0.717) is 32.2 Å². The second-order valence-electron chi connectivity index (χ2n) is 17.9. The largest absolute Gasteiger partial charge is 0.480 e. The van der Waals surface area contributed by atoms with E-state index in [1.54, 1.807) is 41.5 Å². The minimum absolute atomic E-state index is 0.0666. The molecule has 1 aliphatic rings. The number of primary amides is 1. The van der Waals surface area contributed by atoms with Gasteiger partial charge >= 0.3 is 5.97 Å². The number of unbranched alkanes of at least 4 members (excludes halogenated alkanes) is 1. The molecule has 0 aliphatic carbocycles. The van der Waals surface area contributed by atoms with E-state index in [1.807, 2.05) is 0 Å². The Bertz CT molecular complexity index is 1780. The van der Waals surface area contributed by atoms with E-state index in [9.17, 15) is 53.1 Å². The van der Waals surface area contributed by atoms with Crippen LogP contribution in [0.25, 0.3) is 0 Å². The average Bonchev–Trinajstić information content (AvgIpc) is 3.76. The fourth-order valence-electron chi connectivity index (χ4n) is 7.35. The number of hydrogen-bond acceptors (Lipinski definition) is 13. The summed E-state index contributed by atoms with van der Waals surface area (Å²) in [5.41, 5.74) is 27.3. The van der Waals surface area contributed by atoms with Crippen molar-refractivity contribution in [1.29, 1.82) is 0 Å². The van der Waals surface area contributed by atoms with Crippen molar-refractivity contribution in [1.82, 2.24) is 42.1 Å². The first kappa shape index (κ1) is 59.9. The molecule has 1 heterocycles. The van der Waals surface area contributed by atoms with Gasteiger partial charge in [-0.1, -0.05) is 48.0 Å². The van der Waals surface area contributed by atoms with Crippen molar-refractivity contribution < 1.29 is 53.1 Å². The van der Waals surface area contributed by atoms with Gasteiger partial charge in [0.25, 0.3) is 0 Å². The maximum Gasteiger partial charge on any atom is 0.326 e. The number of rotatable bonds is 31. The van der Waals surface area contributed by atoms with Gasteiger partial charge < -0.3 is 75.9 Å². The van der Waals surface area contributed by atoms with E-state index in [4.69, 9.17) is 28.7 Å². The fraction of sp³-hybridized carbons (Fsp3) is 0.744. The minimum Gasteiger partial charge on any atom is -0.480 e. The lowest BCUT2D eigenvalue weighted by atomic mass is 9.96. The minimum atomic E-state index is -1.61. The number of nitrogens with one attached hydrogen (secondary N) is 7. The molecule has 9 amide bonds. The Balaban J connectivity index is 3.25. The summed E-state index contributed by atoms with van der Waals surface area (Å²) in [6.07, 6.45) is 1.87. The lowest BCUT2D eigenvalue weighted by Gasteiger charge is -2.31. The molecule has 1 aliphatic heterocycles. The molecule has 9 atom stereocenters. The SMILES string of the molecule is CC[C@H](C)[C@H](NC(=O)[C@@H]1CCCN1C(=O)[C@H](C)NC(=O)[C@H](CC(N)=O)NC(=O)[C@H](CC(C)C)NC(=O)[C@H](CCCN=C(N)N)NC(=O)CN)C(=O)N[C@@H](CCCCN)C(=O)N[C@H](C(=O)O)C(C)C. The van der Waals surface area contributed by atoms with Crippen LogP contribution in [0.5, 0.6) is 0 Å². The molecule has 386 valence electrons. The van der Waals surface area contributed by atoms with Crippen molar-refractivity contribution in [2.45, 2.75) is 161 Å². The molecule has 0 aromatic rings. The zero-order valence-corrected chi connectivity index (χ0v) is 40.6. The molecule has 0 unspecified atom stereocenters. The number of guanidine groups is 1. The maximum absolute atomic E-state index is 13.9. The fourth-order valence-corrected chi connectivity index (χ4v) is 7.35. The second kappa shape index (κ2) is 30.3. The Morgan fingerprint density at radius 1 is 0.676 bits per heavy atom. The Labute approximate surface area is 398 Å². The highest BCUT2D eigenvalue weighted by molar-refractivity contribution is 5.99. The van der Waals surface area contributed by atoms with Crippen molar-refractivity contribution in [3.63, 3.8) is 0 Å². The van der Waals surface area contributed by atoms with E-state index in [-0.39, 0.29) is 57.1 Å². The Kier molecular flexibility index (Phi) is 26.7. The van der Waals surface area contributed by atoms with E-state index in [1.165, 1.54) is 11.8 Å². The third-order valence-electron chi connectivity index (χ3n) is 11.3. The summed E-state index contributed by atoms with van der Waals surface area (Å²) in [5.74, 6) is -9.43. The molecule has 0 bridgehead atoms. The van der Waals surface area contributed by atoms with Crippen molar-refractivity contribution >= 4 is 65.1 Å². The number of carboxylic acids is 1.